The summed E-state index contributed by atoms with van der Waals surface area (Å²) in [6.07, 6.45) is -8.74. The lowest BCUT2D eigenvalue weighted by molar-refractivity contribution is -0.138. The first-order valence-electron chi connectivity index (χ1n) is 13.1. The van der Waals surface area contributed by atoms with Crippen LogP contribution in [-0.2, 0) is 29.0 Å². The molecule has 0 saturated heterocycles. The summed E-state index contributed by atoms with van der Waals surface area (Å²) >= 11 is 6.12. The maximum absolute atomic E-state index is 13.5. The van der Waals surface area contributed by atoms with Gasteiger partial charge in [-0.15, -0.1) is 0 Å². The monoisotopic (exact) mass is 615 g/mol. The number of nitrogens with one attached hydrogen (secondary N) is 1. The average Bonchev–Trinajstić information content (AvgIpc) is 3.31. The van der Waals surface area contributed by atoms with Crippen molar-refractivity contribution in [2.45, 2.75) is 24.2 Å². The highest BCUT2D eigenvalue weighted by Gasteiger charge is 2.46. The fourth-order valence-electron chi connectivity index (χ4n) is 5.26. The van der Waals surface area contributed by atoms with Crippen LogP contribution in [-0.4, -0.2) is 29.7 Å². The number of hydrogen-bond donors (Lipinski definition) is 1. The maximum Gasteiger partial charge on any atom is 0.417 e. The third-order valence-electron chi connectivity index (χ3n) is 7.19. The molecule has 0 fully saturated rings. The Kier molecular flexibility index (Phi) is 8.25. The molecule has 4 aromatic rings. The van der Waals surface area contributed by atoms with Crippen molar-refractivity contribution in [3.63, 3.8) is 0 Å². The number of carbonyl (C=O) groups excluding carboxylic acids is 1. The highest BCUT2D eigenvalue weighted by molar-refractivity contribution is 6.32. The van der Waals surface area contributed by atoms with E-state index in [9.17, 15) is 31.1 Å². The predicted molar refractivity (Wildman–Crippen MR) is 153 cm³/mol. The van der Waals surface area contributed by atoms with Gasteiger partial charge in [-0.2, -0.15) is 31.4 Å². The maximum atomic E-state index is 13.5. The summed E-state index contributed by atoms with van der Waals surface area (Å²) in [6.45, 7) is -0.0669. The van der Waals surface area contributed by atoms with Crippen LogP contribution in [0.15, 0.2) is 108 Å². The number of halogens is 7. The molecule has 0 bridgehead atoms. The summed E-state index contributed by atoms with van der Waals surface area (Å²) in [7, 11) is 0. The number of benzene rings is 4. The van der Waals surface area contributed by atoms with Gasteiger partial charge in [0.1, 0.15) is 6.54 Å². The number of amides is 1. The molecule has 0 radical (unpaired) electrons. The Morgan fingerprint density at radius 2 is 1.47 bits per heavy atom. The molecular weight excluding hydrogens is 592 g/mol. The Balaban J connectivity index is 1.52. The van der Waals surface area contributed by atoms with Crippen LogP contribution in [0.3, 0.4) is 0 Å². The summed E-state index contributed by atoms with van der Waals surface area (Å²) in [6, 6.07) is 26.4. The second-order valence-electron chi connectivity index (χ2n) is 10.2. The van der Waals surface area contributed by atoms with E-state index in [0.717, 1.165) is 41.5 Å². The number of alkyl halides is 6. The van der Waals surface area contributed by atoms with E-state index >= 15 is 0 Å². The van der Waals surface area contributed by atoms with Crippen molar-refractivity contribution in [1.29, 1.82) is 0 Å². The normalized spacial score (nSPS) is 17.1. The van der Waals surface area contributed by atoms with Crippen LogP contribution in [0.1, 0.15) is 27.8 Å². The number of anilines is 1. The predicted octanol–water partition coefficient (Wildman–Crippen LogP) is 8.22. The van der Waals surface area contributed by atoms with E-state index in [1.807, 2.05) is 60.7 Å². The second-order valence-corrected chi connectivity index (χ2v) is 10.6. The average molecular weight is 616 g/mol. The standard InChI is InChI=1S/C32H24ClF6N3O/c33-27-17-22(11-16-26(27)32(37,38)39)29-30(23-9-5-2-6-10-23,18-21-7-3-1-4-8-21)20-42(41-29)19-28(43)40-25-14-12-24(13-15-25)31(34,35)36/h1-17H,18-20H2,(H,40,43). The first-order chi connectivity index (χ1) is 20.3. The van der Waals surface area contributed by atoms with E-state index in [0.29, 0.717) is 17.7 Å². The third kappa shape index (κ3) is 6.69. The van der Waals surface area contributed by atoms with Crippen LogP contribution in [0.5, 0.6) is 0 Å². The number of nitrogens with zero attached hydrogens (tertiary/aromatic N) is 2. The number of carbonyl (C=O) groups is 1. The molecule has 0 aromatic heterocycles. The number of hydrogen-bond acceptors (Lipinski definition) is 3. The van der Waals surface area contributed by atoms with E-state index < -0.39 is 39.8 Å². The van der Waals surface area contributed by atoms with Gasteiger partial charge in [-0.05, 0) is 53.9 Å². The van der Waals surface area contributed by atoms with Crippen LogP contribution in [0.4, 0.5) is 32.0 Å². The molecule has 0 spiro atoms. The van der Waals surface area contributed by atoms with Crippen LogP contribution >= 0.6 is 11.6 Å². The van der Waals surface area contributed by atoms with Gasteiger partial charge >= 0.3 is 12.4 Å². The lowest BCUT2D eigenvalue weighted by atomic mass is 9.70. The van der Waals surface area contributed by atoms with Gasteiger partial charge in [0.2, 0.25) is 5.91 Å². The Morgan fingerprint density at radius 1 is 0.837 bits per heavy atom. The Morgan fingerprint density at radius 3 is 2.05 bits per heavy atom. The van der Waals surface area contributed by atoms with Crippen molar-refractivity contribution in [2.24, 2.45) is 5.10 Å². The molecule has 1 aliphatic rings. The molecule has 5 rings (SSSR count). The molecule has 1 unspecified atom stereocenters. The molecule has 222 valence electrons. The lowest BCUT2D eigenvalue weighted by Gasteiger charge is -2.32. The molecule has 4 nitrogen and oxygen atoms in total. The van der Waals surface area contributed by atoms with E-state index in [-0.39, 0.29) is 18.8 Å². The number of rotatable bonds is 7. The molecule has 11 heteroatoms. The summed E-state index contributed by atoms with van der Waals surface area (Å²) in [4.78, 5) is 13.0. The minimum Gasteiger partial charge on any atom is -0.324 e. The minimum atomic E-state index is -4.64. The molecule has 0 aliphatic carbocycles. The van der Waals surface area contributed by atoms with E-state index in [4.69, 9.17) is 16.7 Å². The van der Waals surface area contributed by atoms with Crippen LogP contribution in [0, 0.1) is 0 Å². The summed E-state index contributed by atoms with van der Waals surface area (Å²) < 4.78 is 79.3. The van der Waals surface area contributed by atoms with Gasteiger partial charge in [0, 0.05) is 11.3 Å². The molecule has 4 aromatic carbocycles. The highest BCUT2D eigenvalue weighted by Crippen LogP contribution is 2.41. The Bertz CT molecular complexity index is 1620. The molecule has 0 saturated carbocycles. The summed E-state index contributed by atoms with van der Waals surface area (Å²) in [5.74, 6) is -0.531. The largest absolute Gasteiger partial charge is 0.417 e. The van der Waals surface area contributed by atoms with Gasteiger partial charge in [0.05, 0.1) is 33.8 Å². The fraction of sp³-hybridized carbons (Fsp3) is 0.188. The van der Waals surface area contributed by atoms with Crippen molar-refractivity contribution in [2.75, 3.05) is 18.4 Å². The van der Waals surface area contributed by atoms with E-state index in [1.165, 1.54) is 17.1 Å². The molecule has 1 aliphatic heterocycles. The van der Waals surface area contributed by atoms with Gasteiger partial charge in [-0.3, -0.25) is 9.80 Å². The van der Waals surface area contributed by atoms with Gasteiger partial charge in [-0.25, -0.2) is 0 Å². The summed E-state index contributed by atoms with van der Waals surface area (Å²) in [5.41, 5.74) is 0.0342. The zero-order valence-electron chi connectivity index (χ0n) is 22.4. The van der Waals surface area contributed by atoms with Crippen molar-refractivity contribution < 1.29 is 31.1 Å². The zero-order chi connectivity index (χ0) is 30.8. The van der Waals surface area contributed by atoms with Gasteiger partial charge < -0.3 is 5.32 Å². The van der Waals surface area contributed by atoms with Crippen LogP contribution in [0.25, 0.3) is 0 Å². The smallest absolute Gasteiger partial charge is 0.324 e. The van der Waals surface area contributed by atoms with Gasteiger partial charge in [0.15, 0.2) is 0 Å². The molecule has 43 heavy (non-hydrogen) atoms. The minimum absolute atomic E-state index is 0.175. The molecule has 1 atom stereocenters. The van der Waals surface area contributed by atoms with Crippen molar-refractivity contribution in [1.82, 2.24) is 5.01 Å². The molecular formula is C32H24ClF6N3O. The molecule has 1 amide bonds. The van der Waals surface area contributed by atoms with Gasteiger partial charge in [-0.1, -0.05) is 78.3 Å². The SMILES string of the molecule is O=C(CN1CC(Cc2ccccc2)(c2ccccc2)C(c2ccc(C(F)(F)F)c(Cl)c2)=N1)Nc1ccc(C(F)(F)F)cc1. The molecule has 1 N–H and O–H groups in total. The third-order valence-corrected chi connectivity index (χ3v) is 7.50. The summed E-state index contributed by atoms with van der Waals surface area (Å²) in [5, 5.41) is 8.37. The highest BCUT2D eigenvalue weighted by atomic mass is 35.5. The number of hydrazone groups is 1. The van der Waals surface area contributed by atoms with Crippen LogP contribution < -0.4 is 5.32 Å². The Labute approximate surface area is 248 Å². The Hall–Kier alpha value is -4.31. The van der Waals surface area contributed by atoms with E-state index in [2.05, 4.69) is 5.32 Å². The quantitative estimate of drug-likeness (QED) is 0.213. The lowest BCUT2D eigenvalue weighted by Crippen LogP contribution is -2.42. The fourth-order valence-corrected chi connectivity index (χ4v) is 5.54. The molecule has 1 heterocycles. The van der Waals surface area contributed by atoms with Crippen molar-refractivity contribution >= 4 is 28.9 Å². The topological polar surface area (TPSA) is 44.7 Å². The van der Waals surface area contributed by atoms with Crippen molar-refractivity contribution in [3.8, 4) is 0 Å². The second kappa shape index (κ2) is 11.8. The van der Waals surface area contributed by atoms with Gasteiger partial charge in [0.25, 0.3) is 0 Å². The van der Waals surface area contributed by atoms with E-state index in [1.54, 1.807) is 0 Å². The first-order valence-corrected chi connectivity index (χ1v) is 13.5. The first kappa shape index (κ1) is 30.2. The zero-order valence-corrected chi connectivity index (χ0v) is 23.1. The van der Waals surface area contributed by atoms with Crippen LogP contribution in [0.2, 0.25) is 5.02 Å². The van der Waals surface area contributed by atoms with Crippen molar-refractivity contribution in [3.05, 3.63) is 136 Å².